The lowest BCUT2D eigenvalue weighted by atomic mass is 10.0. The van der Waals surface area contributed by atoms with Crippen LogP contribution in [0.5, 0.6) is 0 Å². The third-order valence-corrected chi connectivity index (χ3v) is 3.88. The molecule has 106 valence electrons. The van der Waals surface area contributed by atoms with Crippen molar-refractivity contribution in [2.24, 2.45) is 0 Å². The predicted octanol–water partition coefficient (Wildman–Crippen LogP) is 5.05. The van der Waals surface area contributed by atoms with Gasteiger partial charge in [-0.1, -0.05) is 48.0 Å². The van der Waals surface area contributed by atoms with Gasteiger partial charge in [0.2, 0.25) is 0 Å². The van der Waals surface area contributed by atoms with Crippen LogP contribution in [0.1, 0.15) is 22.1 Å². The lowest BCUT2D eigenvalue weighted by molar-refractivity contribution is 0.202. The quantitative estimate of drug-likeness (QED) is 0.678. The molecular weight excluding hydrogens is 291 g/mol. The van der Waals surface area contributed by atoms with Crippen molar-refractivity contribution in [3.63, 3.8) is 0 Å². The summed E-state index contributed by atoms with van der Waals surface area (Å²) in [5, 5.41) is 0.714. The highest BCUT2D eigenvalue weighted by molar-refractivity contribution is 6.30. The Morgan fingerprint density at radius 3 is 2.45 bits per heavy atom. The van der Waals surface area contributed by atoms with E-state index in [0.717, 1.165) is 35.6 Å². The van der Waals surface area contributed by atoms with Gasteiger partial charge < -0.3 is 4.74 Å². The van der Waals surface area contributed by atoms with E-state index in [2.05, 4.69) is 24.3 Å². The summed E-state index contributed by atoms with van der Waals surface area (Å²) >= 11 is 12.5. The maximum absolute atomic E-state index is 6.48. The summed E-state index contributed by atoms with van der Waals surface area (Å²) in [5.41, 5.74) is 3.55. The van der Waals surface area contributed by atoms with Gasteiger partial charge in [0.15, 0.2) is 0 Å². The molecule has 0 amide bonds. The van der Waals surface area contributed by atoms with Crippen LogP contribution in [0.3, 0.4) is 0 Å². The van der Waals surface area contributed by atoms with E-state index in [9.17, 15) is 0 Å². The molecule has 0 aliphatic heterocycles. The molecule has 20 heavy (non-hydrogen) atoms. The Morgan fingerprint density at radius 1 is 1.05 bits per heavy atom. The third kappa shape index (κ3) is 4.52. The van der Waals surface area contributed by atoms with Crippen LogP contribution in [0.2, 0.25) is 5.02 Å². The standard InChI is InChI=1S/C17H18Cl2O/c1-20-10-9-13-5-7-15(8-6-13)17(19)12-14-3-2-4-16(18)11-14/h2-8,11,17H,9-10,12H2,1H3. The smallest absolute Gasteiger partial charge is 0.0625 e. The molecule has 2 rings (SSSR count). The van der Waals surface area contributed by atoms with E-state index in [1.54, 1.807) is 7.11 Å². The van der Waals surface area contributed by atoms with Gasteiger partial charge in [-0.2, -0.15) is 0 Å². The van der Waals surface area contributed by atoms with Crippen LogP contribution in [-0.2, 0) is 17.6 Å². The number of alkyl halides is 1. The number of benzene rings is 2. The second-order valence-electron chi connectivity index (χ2n) is 4.79. The van der Waals surface area contributed by atoms with Gasteiger partial charge in [-0.3, -0.25) is 0 Å². The highest BCUT2D eigenvalue weighted by atomic mass is 35.5. The molecule has 0 aromatic heterocycles. The molecule has 0 aliphatic rings. The Balaban J connectivity index is 2.00. The van der Waals surface area contributed by atoms with Gasteiger partial charge >= 0.3 is 0 Å². The Kier molecular flexibility index (Phi) is 5.90. The highest BCUT2D eigenvalue weighted by Gasteiger charge is 2.09. The number of halogens is 2. The Labute approximate surface area is 130 Å². The summed E-state index contributed by atoms with van der Waals surface area (Å²) in [5.74, 6) is 0. The van der Waals surface area contributed by atoms with Crippen LogP contribution in [0.25, 0.3) is 0 Å². The topological polar surface area (TPSA) is 9.23 Å². The fourth-order valence-corrected chi connectivity index (χ4v) is 2.64. The van der Waals surface area contributed by atoms with E-state index < -0.39 is 0 Å². The number of ether oxygens (including phenoxy) is 1. The number of rotatable bonds is 6. The van der Waals surface area contributed by atoms with E-state index in [1.807, 2.05) is 24.3 Å². The van der Waals surface area contributed by atoms with Crippen molar-refractivity contribution in [3.05, 3.63) is 70.2 Å². The molecule has 0 radical (unpaired) electrons. The zero-order valence-corrected chi connectivity index (χ0v) is 13.0. The summed E-state index contributed by atoms with van der Waals surface area (Å²) in [6, 6.07) is 16.2. The monoisotopic (exact) mass is 308 g/mol. The van der Waals surface area contributed by atoms with Crippen molar-refractivity contribution in [1.29, 1.82) is 0 Å². The van der Waals surface area contributed by atoms with Crippen LogP contribution in [-0.4, -0.2) is 13.7 Å². The molecule has 1 atom stereocenters. The average molecular weight is 309 g/mol. The van der Waals surface area contributed by atoms with Crippen molar-refractivity contribution < 1.29 is 4.74 Å². The van der Waals surface area contributed by atoms with Crippen LogP contribution < -0.4 is 0 Å². The predicted molar refractivity (Wildman–Crippen MR) is 85.8 cm³/mol. The SMILES string of the molecule is COCCc1ccc(C(Cl)Cc2cccc(Cl)c2)cc1. The zero-order valence-electron chi connectivity index (χ0n) is 11.5. The van der Waals surface area contributed by atoms with Gasteiger partial charge in [0.1, 0.15) is 0 Å². The fourth-order valence-electron chi connectivity index (χ4n) is 2.10. The number of hydrogen-bond donors (Lipinski definition) is 0. The molecule has 2 aromatic rings. The first-order valence-electron chi connectivity index (χ1n) is 6.65. The second kappa shape index (κ2) is 7.68. The minimum Gasteiger partial charge on any atom is -0.384 e. The van der Waals surface area contributed by atoms with Crippen molar-refractivity contribution in [2.45, 2.75) is 18.2 Å². The molecule has 0 saturated carbocycles. The van der Waals surface area contributed by atoms with E-state index in [4.69, 9.17) is 27.9 Å². The van der Waals surface area contributed by atoms with E-state index in [1.165, 1.54) is 5.56 Å². The van der Waals surface area contributed by atoms with Gasteiger partial charge in [-0.15, -0.1) is 11.6 Å². The van der Waals surface area contributed by atoms with Gasteiger partial charge in [0.05, 0.1) is 12.0 Å². The molecule has 0 N–H and O–H groups in total. The molecule has 1 nitrogen and oxygen atoms in total. The third-order valence-electron chi connectivity index (χ3n) is 3.24. The lowest BCUT2D eigenvalue weighted by Crippen LogP contribution is -1.98. The highest BCUT2D eigenvalue weighted by Crippen LogP contribution is 2.26. The first-order chi connectivity index (χ1) is 9.69. The normalized spacial score (nSPS) is 12.3. The van der Waals surface area contributed by atoms with Crippen molar-refractivity contribution >= 4 is 23.2 Å². The largest absolute Gasteiger partial charge is 0.384 e. The summed E-state index contributed by atoms with van der Waals surface area (Å²) < 4.78 is 5.08. The second-order valence-corrected chi connectivity index (χ2v) is 5.75. The van der Waals surface area contributed by atoms with E-state index in [-0.39, 0.29) is 5.38 Å². The van der Waals surface area contributed by atoms with E-state index >= 15 is 0 Å². The first kappa shape index (κ1) is 15.4. The zero-order chi connectivity index (χ0) is 14.4. The molecule has 0 spiro atoms. The molecule has 0 aliphatic carbocycles. The Bertz CT molecular complexity index is 537. The van der Waals surface area contributed by atoms with Gasteiger partial charge in [0, 0.05) is 12.1 Å². The molecule has 1 unspecified atom stereocenters. The van der Waals surface area contributed by atoms with Gasteiger partial charge in [-0.05, 0) is 41.7 Å². The van der Waals surface area contributed by atoms with Crippen molar-refractivity contribution in [1.82, 2.24) is 0 Å². The fraction of sp³-hybridized carbons (Fsp3) is 0.294. The average Bonchev–Trinajstić information content (AvgIpc) is 2.45. The minimum absolute atomic E-state index is 0.0371. The molecule has 0 saturated heterocycles. The molecule has 3 heteroatoms. The molecule has 0 bridgehead atoms. The number of methoxy groups -OCH3 is 1. The van der Waals surface area contributed by atoms with Crippen molar-refractivity contribution in [3.8, 4) is 0 Å². The first-order valence-corrected chi connectivity index (χ1v) is 7.47. The Morgan fingerprint density at radius 2 is 1.80 bits per heavy atom. The van der Waals surface area contributed by atoms with Crippen LogP contribution in [0.4, 0.5) is 0 Å². The maximum atomic E-state index is 6.48. The van der Waals surface area contributed by atoms with Crippen LogP contribution in [0.15, 0.2) is 48.5 Å². The van der Waals surface area contributed by atoms with Gasteiger partial charge in [0.25, 0.3) is 0 Å². The minimum atomic E-state index is -0.0371. The molecule has 0 fully saturated rings. The summed E-state index contributed by atoms with van der Waals surface area (Å²) in [4.78, 5) is 0. The molecule has 2 aromatic carbocycles. The lowest BCUT2D eigenvalue weighted by Gasteiger charge is -2.11. The van der Waals surface area contributed by atoms with E-state index in [0.29, 0.717) is 0 Å². The van der Waals surface area contributed by atoms with Crippen LogP contribution >= 0.6 is 23.2 Å². The van der Waals surface area contributed by atoms with Crippen molar-refractivity contribution in [2.75, 3.05) is 13.7 Å². The number of hydrogen-bond acceptors (Lipinski definition) is 1. The summed E-state index contributed by atoms with van der Waals surface area (Å²) in [7, 11) is 1.72. The van der Waals surface area contributed by atoms with Crippen LogP contribution in [0, 0.1) is 0 Å². The summed E-state index contributed by atoms with van der Waals surface area (Å²) in [6.07, 6.45) is 1.71. The summed E-state index contributed by atoms with van der Waals surface area (Å²) in [6.45, 7) is 0.742. The van der Waals surface area contributed by atoms with Gasteiger partial charge in [-0.25, -0.2) is 0 Å². The molecular formula is C17H18Cl2O. The molecule has 0 heterocycles. The Hall–Kier alpha value is -1.02. The maximum Gasteiger partial charge on any atom is 0.0625 e.